The van der Waals surface area contributed by atoms with Crippen LogP contribution in [0.2, 0.25) is 5.02 Å². The third kappa shape index (κ3) is 5.59. The van der Waals surface area contributed by atoms with Gasteiger partial charge in [-0.15, -0.1) is 0 Å². The third-order valence-electron chi connectivity index (χ3n) is 4.20. The Morgan fingerprint density at radius 1 is 1.14 bits per heavy atom. The fourth-order valence-electron chi connectivity index (χ4n) is 2.63. The SMILES string of the molecule is Cc1ccc(C=C2SC(=O)N(CCNC(=O)C=Cc3ccccc3Cl)C2=O)cc1. The van der Waals surface area contributed by atoms with Gasteiger partial charge in [0.05, 0.1) is 4.91 Å². The molecule has 1 fully saturated rings. The van der Waals surface area contributed by atoms with Gasteiger partial charge in [0.2, 0.25) is 5.91 Å². The predicted molar refractivity (Wildman–Crippen MR) is 117 cm³/mol. The van der Waals surface area contributed by atoms with E-state index in [4.69, 9.17) is 11.6 Å². The summed E-state index contributed by atoms with van der Waals surface area (Å²) in [5.74, 6) is -0.673. The van der Waals surface area contributed by atoms with Crippen molar-refractivity contribution in [1.82, 2.24) is 10.2 Å². The molecule has 0 aromatic heterocycles. The van der Waals surface area contributed by atoms with Gasteiger partial charge in [0, 0.05) is 24.2 Å². The first-order valence-electron chi connectivity index (χ1n) is 8.96. The number of carbonyl (C=O) groups is 3. The van der Waals surface area contributed by atoms with E-state index >= 15 is 0 Å². The lowest BCUT2D eigenvalue weighted by Crippen LogP contribution is -2.36. The number of rotatable bonds is 6. The van der Waals surface area contributed by atoms with Gasteiger partial charge in [-0.25, -0.2) is 0 Å². The number of imide groups is 1. The Kier molecular flexibility index (Phi) is 6.90. The van der Waals surface area contributed by atoms with Crippen LogP contribution < -0.4 is 5.32 Å². The number of amides is 3. The highest BCUT2D eigenvalue weighted by Gasteiger charge is 2.34. The first-order valence-corrected chi connectivity index (χ1v) is 10.2. The van der Waals surface area contributed by atoms with E-state index in [2.05, 4.69) is 5.32 Å². The highest BCUT2D eigenvalue weighted by molar-refractivity contribution is 8.18. The summed E-state index contributed by atoms with van der Waals surface area (Å²) in [7, 11) is 0. The van der Waals surface area contributed by atoms with E-state index in [0.29, 0.717) is 9.93 Å². The standard InChI is InChI=1S/C22H19ClN2O3S/c1-15-6-8-16(9-7-15)14-19-21(27)25(22(28)29-19)13-12-24-20(26)11-10-17-4-2-3-5-18(17)23/h2-11,14H,12-13H2,1H3,(H,24,26). The van der Waals surface area contributed by atoms with Crippen molar-refractivity contribution in [3.63, 3.8) is 0 Å². The largest absolute Gasteiger partial charge is 0.351 e. The van der Waals surface area contributed by atoms with E-state index in [9.17, 15) is 14.4 Å². The van der Waals surface area contributed by atoms with Crippen molar-refractivity contribution in [2.75, 3.05) is 13.1 Å². The molecule has 7 heteroatoms. The van der Waals surface area contributed by atoms with Crippen LogP contribution in [0.5, 0.6) is 0 Å². The van der Waals surface area contributed by atoms with Gasteiger partial charge in [-0.1, -0.05) is 59.6 Å². The minimum absolute atomic E-state index is 0.113. The van der Waals surface area contributed by atoms with Crippen molar-refractivity contribution >= 4 is 52.6 Å². The number of nitrogens with zero attached hydrogens (tertiary/aromatic N) is 1. The van der Waals surface area contributed by atoms with Crippen LogP contribution in [-0.2, 0) is 9.59 Å². The molecule has 0 bridgehead atoms. The second-order valence-corrected chi connectivity index (χ2v) is 7.79. The fraction of sp³-hybridized carbons (Fsp3) is 0.136. The lowest BCUT2D eigenvalue weighted by atomic mass is 10.1. The molecule has 1 heterocycles. The first-order chi connectivity index (χ1) is 13.9. The number of hydrogen-bond donors (Lipinski definition) is 1. The molecule has 1 saturated heterocycles. The zero-order valence-corrected chi connectivity index (χ0v) is 17.3. The third-order valence-corrected chi connectivity index (χ3v) is 5.45. The van der Waals surface area contributed by atoms with E-state index in [0.717, 1.165) is 33.4 Å². The molecule has 1 aliphatic rings. The summed E-state index contributed by atoms with van der Waals surface area (Å²) in [6.07, 6.45) is 4.68. The van der Waals surface area contributed by atoms with Crippen molar-refractivity contribution in [3.8, 4) is 0 Å². The molecule has 0 spiro atoms. The van der Waals surface area contributed by atoms with Gasteiger partial charge in [0.15, 0.2) is 0 Å². The van der Waals surface area contributed by atoms with Gasteiger partial charge in [-0.05, 0) is 48.0 Å². The number of carbonyl (C=O) groups excluding carboxylic acids is 3. The molecule has 2 aromatic carbocycles. The number of aryl methyl sites for hydroxylation is 1. The molecule has 148 valence electrons. The molecule has 0 aliphatic carbocycles. The summed E-state index contributed by atoms with van der Waals surface area (Å²) < 4.78 is 0. The molecule has 3 rings (SSSR count). The van der Waals surface area contributed by atoms with E-state index in [-0.39, 0.29) is 30.1 Å². The summed E-state index contributed by atoms with van der Waals surface area (Å²) >= 11 is 6.94. The molecule has 1 N–H and O–H groups in total. The van der Waals surface area contributed by atoms with Crippen LogP contribution in [0.1, 0.15) is 16.7 Å². The van der Waals surface area contributed by atoms with Crippen LogP contribution in [0.3, 0.4) is 0 Å². The summed E-state index contributed by atoms with van der Waals surface area (Å²) in [6.45, 7) is 2.26. The van der Waals surface area contributed by atoms with E-state index in [1.165, 1.54) is 6.08 Å². The van der Waals surface area contributed by atoms with Gasteiger partial charge in [0.1, 0.15) is 0 Å². The lowest BCUT2D eigenvalue weighted by Gasteiger charge is -2.12. The predicted octanol–water partition coefficient (Wildman–Crippen LogP) is 4.51. The number of hydrogen-bond acceptors (Lipinski definition) is 4. The maximum absolute atomic E-state index is 12.5. The molecule has 3 amide bonds. The maximum atomic E-state index is 12.5. The van der Waals surface area contributed by atoms with Crippen LogP contribution in [0.4, 0.5) is 4.79 Å². The average molecular weight is 427 g/mol. The summed E-state index contributed by atoms with van der Waals surface area (Å²) in [6, 6.07) is 14.9. The topological polar surface area (TPSA) is 66.5 Å². The van der Waals surface area contributed by atoms with Crippen LogP contribution in [0.15, 0.2) is 59.5 Å². The maximum Gasteiger partial charge on any atom is 0.293 e. The Bertz CT molecular complexity index is 999. The number of nitrogens with one attached hydrogen (secondary N) is 1. The molecule has 2 aromatic rings. The van der Waals surface area contributed by atoms with Crippen LogP contribution >= 0.6 is 23.4 Å². The summed E-state index contributed by atoms with van der Waals surface area (Å²) in [5, 5.41) is 2.88. The van der Waals surface area contributed by atoms with Crippen LogP contribution in [-0.4, -0.2) is 35.0 Å². The van der Waals surface area contributed by atoms with Gasteiger partial charge >= 0.3 is 0 Å². The molecule has 0 unspecified atom stereocenters. The Morgan fingerprint density at radius 2 is 1.86 bits per heavy atom. The molecule has 0 radical (unpaired) electrons. The van der Waals surface area contributed by atoms with Gasteiger partial charge in [-0.2, -0.15) is 0 Å². The molecule has 29 heavy (non-hydrogen) atoms. The van der Waals surface area contributed by atoms with E-state index < -0.39 is 0 Å². The average Bonchev–Trinajstić information content (AvgIpc) is 2.96. The highest BCUT2D eigenvalue weighted by Crippen LogP contribution is 2.31. The van der Waals surface area contributed by atoms with E-state index in [1.54, 1.807) is 24.3 Å². The van der Waals surface area contributed by atoms with Crippen molar-refractivity contribution in [2.24, 2.45) is 0 Å². The van der Waals surface area contributed by atoms with Gasteiger partial charge in [-0.3, -0.25) is 19.3 Å². The Hall–Kier alpha value is -2.83. The van der Waals surface area contributed by atoms with Crippen molar-refractivity contribution in [1.29, 1.82) is 0 Å². The molecule has 5 nitrogen and oxygen atoms in total. The highest BCUT2D eigenvalue weighted by atomic mass is 35.5. The summed E-state index contributed by atoms with van der Waals surface area (Å²) in [5.41, 5.74) is 2.71. The van der Waals surface area contributed by atoms with Gasteiger partial charge < -0.3 is 5.32 Å². The number of thioether (sulfide) groups is 1. The van der Waals surface area contributed by atoms with E-state index in [1.807, 2.05) is 43.3 Å². The molecular weight excluding hydrogens is 408 g/mol. The van der Waals surface area contributed by atoms with Crippen molar-refractivity contribution in [3.05, 3.63) is 81.2 Å². The van der Waals surface area contributed by atoms with Crippen molar-refractivity contribution < 1.29 is 14.4 Å². The van der Waals surface area contributed by atoms with Gasteiger partial charge in [0.25, 0.3) is 11.1 Å². The van der Waals surface area contributed by atoms with Crippen LogP contribution in [0.25, 0.3) is 12.2 Å². The number of benzene rings is 2. The second-order valence-electron chi connectivity index (χ2n) is 6.39. The smallest absolute Gasteiger partial charge is 0.293 e. The Balaban J connectivity index is 1.53. The van der Waals surface area contributed by atoms with Crippen LogP contribution in [0, 0.1) is 6.92 Å². The Labute approximate surface area is 178 Å². The lowest BCUT2D eigenvalue weighted by molar-refractivity contribution is -0.123. The van der Waals surface area contributed by atoms with Crippen molar-refractivity contribution in [2.45, 2.75) is 6.92 Å². The number of halogens is 1. The zero-order chi connectivity index (χ0) is 20.8. The molecule has 1 aliphatic heterocycles. The quantitative estimate of drug-likeness (QED) is 0.690. The fourth-order valence-corrected chi connectivity index (χ4v) is 3.70. The normalized spacial score (nSPS) is 15.5. The molecule has 0 atom stereocenters. The monoisotopic (exact) mass is 426 g/mol. The zero-order valence-electron chi connectivity index (χ0n) is 15.7. The Morgan fingerprint density at radius 3 is 2.59 bits per heavy atom. The first kappa shape index (κ1) is 20.9. The minimum Gasteiger partial charge on any atom is -0.351 e. The second kappa shape index (κ2) is 9.58. The minimum atomic E-state index is -0.346. The molecular formula is C22H19ClN2O3S. The summed E-state index contributed by atoms with van der Waals surface area (Å²) in [4.78, 5) is 38.1. The molecule has 0 saturated carbocycles.